The molecular weight excluding hydrogens is 441 g/mol. The van der Waals surface area contributed by atoms with Crippen molar-refractivity contribution in [3.63, 3.8) is 0 Å². The Balaban J connectivity index is 1.33. The van der Waals surface area contributed by atoms with Gasteiger partial charge in [0.2, 0.25) is 11.8 Å². The van der Waals surface area contributed by atoms with Gasteiger partial charge in [-0.25, -0.2) is 19.3 Å². The van der Waals surface area contributed by atoms with Crippen molar-refractivity contribution in [3.05, 3.63) is 40.9 Å². The smallest absolute Gasteiger partial charge is 0.226 e. The third kappa shape index (κ3) is 4.70. The summed E-state index contributed by atoms with van der Waals surface area (Å²) in [5.74, 6) is 0.523. The summed E-state index contributed by atoms with van der Waals surface area (Å²) in [6.07, 6.45) is 9.26. The molecular formula is C24H28FN5O2S. The Bertz CT molecular complexity index is 1140. The third-order valence-corrected chi connectivity index (χ3v) is 7.95. The quantitative estimate of drug-likeness (QED) is 0.571. The van der Waals surface area contributed by atoms with Gasteiger partial charge in [-0.3, -0.25) is 4.79 Å². The number of aryl methyl sites for hydroxylation is 1. The fourth-order valence-electron chi connectivity index (χ4n) is 5.04. The van der Waals surface area contributed by atoms with Crippen LogP contribution >= 0.6 is 11.3 Å². The van der Waals surface area contributed by atoms with E-state index >= 15 is 0 Å². The van der Waals surface area contributed by atoms with Crippen LogP contribution in [0.25, 0.3) is 10.2 Å². The van der Waals surface area contributed by atoms with Gasteiger partial charge in [-0.1, -0.05) is 0 Å². The highest BCUT2D eigenvalue weighted by atomic mass is 32.1. The van der Waals surface area contributed by atoms with Gasteiger partial charge >= 0.3 is 0 Å². The molecule has 0 saturated heterocycles. The number of aromatic nitrogens is 3. The van der Waals surface area contributed by atoms with Crippen molar-refractivity contribution >= 4 is 33.3 Å². The Morgan fingerprint density at radius 2 is 2.00 bits per heavy atom. The van der Waals surface area contributed by atoms with Crippen LogP contribution in [0.3, 0.4) is 0 Å². The van der Waals surface area contributed by atoms with Crippen LogP contribution in [0, 0.1) is 5.82 Å². The molecule has 3 aromatic rings. The van der Waals surface area contributed by atoms with Crippen LogP contribution in [0.1, 0.15) is 54.9 Å². The summed E-state index contributed by atoms with van der Waals surface area (Å²) in [6.45, 7) is 0. The standard InChI is InChI=1S/C24H28FN5O2S/c1-30(2)16-5-7-17(8-6-16)32-23-22-21-14(3-9-18(21)33-24(22)28-13-27-23)11-20(31)29-19-10-4-15(25)12-26-19/h4,10,12-14,16-17H,3,5-9,11H2,1-2H3,(H,26,29,31). The number of hydrogen-bond donors (Lipinski definition) is 1. The van der Waals surface area contributed by atoms with E-state index in [2.05, 4.69) is 39.3 Å². The normalized spacial score (nSPS) is 22.5. The van der Waals surface area contributed by atoms with Crippen LogP contribution in [-0.2, 0) is 11.2 Å². The minimum Gasteiger partial charge on any atom is -0.474 e. The van der Waals surface area contributed by atoms with Crippen molar-refractivity contribution in [2.75, 3.05) is 19.4 Å². The molecule has 0 spiro atoms. The number of halogens is 1. The molecule has 5 rings (SSSR count). The van der Waals surface area contributed by atoms with E-state index in [4.69, 9.17) is 4.74 Å². The van der Waals surface area contributed by atoms with Crippen molar-refractivity contribution in [1.82, 2.24) is 19.9 Å². The number of carbonyl (C=O) groups is 1. The summed E-state index contributed by atoms with van der Waals surface area (Å²) < 4.78 is 19.5. The minimum absolute atomic E-state index is 0.0759. The van der Waals surface area contributed by atoms with E-state index < -0.39 is 5.82 Å². The molecule has 33 heavy (non-hydrogen) atoms. The fourth-order valence-corrected chi connectivity index (χ4v) is 6.27. The van der Waals surface area contributed by atoms with Crippen molar-refractivity contribution < 1.29 is 13.9 Å². The Hall–Kier alpha value is -2.65. The number of anilines is 1. The van der Waals surface area contributed by atoms with E-state index in [1.165, 1.54) is 17.0 Å². The molecule has 0 aromatic carbocycles. The van der Waals surface area contributed by atoms with Gasteiger partial charge in [0.25, 0.3) is 0 Å². The number of pyridine rings is 1. The first-order valence-corrected chi connectivity index (χ1v) is 12.3. The number of hydrogen-bond acceptors (Lipinski definition) is 7. The highest BCUT2D eigenvalue weighted by Gasteiger charge is 2.32. The van der Waals surface area contributed by atoms with Gasteiger partial charge in [-0.15, -0.1) is 11.3 Å². The van der Waals surface area contributed by atoms with Gasteiger partial charge in [0, 0.05) is 17.3 Å². The number of nitrogens with one attached hydrogen (secondary N) is 1. The zero-order chi connectivity index (χ0) is 22.9. The van der Waals surface area contributed by atoms with Crippen LogP contribution in [0.5, 0.6) is 5.88 Å². The molecule has 2 aliphatic rings. The second kappa shape index (κ2) is 9.30. The lowest BCUT2D eigenvalue weighted by Gasteiger charge is -2.32. The average Bonchev–Trinajstić information content (AvgIpc) is 3.36. The number of rotatable bonds is 6. The predicted molar refractivity (Wildman–Crippen MR) is 126 cm³/mol. The maximum atomic E-state index is 13.1. The topological polar surface area (TPSA) is 80.2 Å². The number of fused-ring (bicyclic) bond motifs is 3. The van der Waals surface area contributed by atoms with E-state index in [0.29, 0.717) is 24.2 Å². The van der Waals surface area contributed by atoms with Crippen LogP contribution in [0.2, 0.25) is 0 Å². The van der Waals surface area contributed by atoms with Gasteiger partial charge in [-0.05, 0) is 76.2 Å². The van der Waals surface area contributed by atoms with E-state index in [0.717, 1.165) is 60.5 Å². The first-order valence-electron chi connectivity index (χ1n) is 11.5. The maximum absolute atomic E-state index is 13.1. The molecule has 0 bridgehead atoms. The Labute approximate surface area is 196 Å². The molecule has 2 aliphatic carbocycles. The summed E-state index contributed by atoms with van der Waals surface area (Å²) in [4.78, 5) is 30.1. The van der Waals surface area contributed by atoms with Gasteiger partial charge in [0.05, 0.1) is 11.6 Å². The monoisotopic (exact) mass is 469 g/mol. The van der Waals surface area contributed by atoms with Gasteiger partial charge in [-0.2, -0.15) is 0 Å². The number of nitrogens with zero attached hydrogens (tertiary/aromatic N) is 4. The van der Waals surface area contributed by atoms with Crippen molar-refractivity contribution in [2.45, 2.75) is 63.0 Å². The van der Waals surface area contributed by atoms with Crippen LogP contribution < -0.4 is 10.1 Å². The Kier molecular flexibility index (Phi) is 6.25. The number of carbonyl (C=O) groups excluding carboxylic acids is 1. The molecule has 1 N–H and O–H groups in total. The molecule has 9 heteroatoms. The summed E-state index contributed by atoms with van der Waals surface area (Å²) in [5, 5.41) is 3.76. The van der Waals surface area contributed by atoms with Crippen LogP contribution in [-0.4, -0.2) is 52.0 Å². The van der Waals surface area contributed by atoms with Crippen LogP contribution in [0.4, 0.5) is 10.2 Å². The van der Waals surface area contributed by atoms with Gasteiger partial charge < -0.3 is 15.0 Å². The third-order valence-electron chi connectivity index (χ3n) is 6.77. The zero-order valence-electron chi connectivity index (χ0n) is 18.9. The molecule has 0 aliphatic heterocycles. The lowest BCUT2D eigenvalue weighted by Crippen LogP contribution is -2.35. The zero-order valence-corrected chi connectivity index (χ0v) is 19.7. The largest absolute Gasteiger partial charge is 0.474 e. The first kappa shape index (κ1) is 22.2. The molecule has 1 fully saturated rings. The Morgan fingerprint density at radius 3 is 2.73 bits per heavy atom. The van der Waals surface area contributed by atoms with Gasteiger partial charge in [0.15, 0.2) is 0 Å². The summed E-state index contributed by atoms with van der Waals surface area (Å²) in [5.41, 5.74) is 1.16. The Morgan fingerprint density at radius 1 is 1.18 bits per heavy atom. The van der Waals surface area contributed by atoms with E-state index in [1.54, 1.807) is 17.7 Å². The molecule has 174 valence electrons. The highest BCUT2D eigenvalue weighted by molar-refractivity contribution is 7.19. The summed E-state index contributed by atoms with van der Waals surface area (Å²) in [7, 11) is 4.27. The molecule has 3 heterocycles. The molecule has 1 unspecified atom stereocenters. The lowest BCUT2D eigenvalue weighted by molar-refractivity contribution is -0.116. The highest BCUT2D eigenvalue weighted by Crippen LogP contribution is 2.47. The molecule has 1 atom stereocenters. The van der Waals surface area contributed by atoms with Crippen LogP contribution in [0.15, 0.2) is 24.7 Å². The molecule has 1 amide bonds. The maximum Gasteiger partial charge on any atom is 0.226 e. The molecule has 3 aromatic heterocycles. The van der Waals surface area contributed by atoms with E-state index in [-0.39, 0.29) is 17.9 Å². The fraction of sp³-hybridized carbons (Fsp3) is 0.500. The lowest BCUT2D eigenvalue weighted by atomic mass is 9.92. The van der Waals surface area contributed by atoms with Crippen molar-refractivity contribution in [2.24, 2.45) is 0 Å². The average molecular weight is 470 g/mol. The molecule has 1 saturated carbocycles. The van der Waals surface area contributed by atoms with Crippen molar-refractivity contribution in [1.29, 1.82) is 0 Å². The number of amides is 1. The SMILES string of the molecule is CN(C)C1CCC(Oc2ncnc3sc4c(c23)C(CC(=O)Nc2ccc(F)cn2)CC4)CC1. The summed E-state index contributed by atoms with van der Waals surface area (Å²) in [6, 6.07) is 3.37. The minimum atomic E-state index is -0.430. The molecule has 7 nitrogen and oxygen atoms in total. The first-order chi connectivity index (χ1) is 16.0. The summed E-state index contributed by atoms with van der Waals surface area (Å²) >= 11 is 1.68. The van der Waals surface area contributed by atoms with E-state index in [1.807, 2.05) is 0 Å². The van der Waals surface area contributed by atoms with Crippen molar-refractivity contribution in [3.8, 4) is 5.88 Å². The second-order valence-corrected chi connectivity index (χ2v) is 10.2. The predicted octanol–water partition coefficient (Wildman–Crippen LogP) is 4.54. The second-order valence-electron chi connectivity index (χ2n) is 9.16. The molecule has 0 radical (unpaired) electrons. The number of thiophene rings is 1. The van der Waals surface area contributed by atoms with Gasteiger partial charge in [0.1, 0.15) is 28.9 Å². The number of ether oxygens (including phenoxy) is 1. The van der Waals surface area contributed by atoms with E-state index in [9.17, 15) is 9.18 Å².